The van der Waals surface area contributed by atoms with Crippen molar-refractivity contribution in [2.24, 2.45) is 5.73 Å². The van der Waals surface area contributed by atoms with Crippen molar-refractivity contribution >= 4 is 22.8 Å². The Morgan fingerprint density at radius 2 is 1.86 bits per heavy atom. The summed E-state index contributed by atoms with van der Waals surface area (Å²) in [4.78, 5) is 13.4. The van der Waals surface area contributed by atoms with Crippen LogP contribution in [-0.2, 0) is 0 Å². The average Bonchev–Trinajstić information content (AvgIpc) is 3.45. The lowest BCUT2D eigenvalue weighted by molar-refractivity contribution is 0.204. The number of nitrogens with zero attached hydrogens (tertiary/aromatic N) is 5. The van der Waals surface area contributed by atoms with Gasteiger partial charge in [-0.25, -0.2) is 14.4 Å². The maximum Gasteiger partial charge on any atom is 0.201 e. The van der Waals surface area contributed by atoms with E-state index in [0.29, 0.717) is 30.2 Å². The Labute approximate surface area is 249 Å². The van der Waals surface area contributed by atoms with Gasteiger partial charge in [0.2, 0.25) is 5.82 Å². The number of terminal acetylenes is 1. The van der Waals surface area contributed by atoms with Crippen LogP contribution in [0.4, 0.5) is 20.3 Å². The summed E-state index contributed by atoms with van der Waals surface area (Å²) in [6.45, 7) is 15.0. The second-order valence-corrected chi connectivity index (χ2v) is 10.1. The van der Waals surface area contributed by atoms with Gasteiger partial charge in [-0.15, -0.1) is 6.42 Å². The van der Waals surface area contributed by atoms with Crippen LogP contribution in [0.2, 0.25) is 0 Å². The second kappa shape index (κ2) is 12.8. The van der Waals surface area contributed by atoms with Gasteiger partial charge in [0.25, 0.3) is 0 Å². The molecule has 0 amide bonds. The molecule has 0 atom stereocenters. The van der Waals surface area contributed by atoms with Gasteiger partial charge in [-0.3, -0.25) is 4.40 Å². The fraction of sp³-hybridized carbons (Fsp3) is 0.250. The number of rotatable bonds is 11. The molecule has 1 aliphatic rings. The Morgan fingerprint density at radius 3 is 2.58 bits per heavy atom. The van der Waals surface area contributed by atoms with Gasteiger partial charge >= 0.3 is 0 Å². The first kappa shape index (κ1) is 29.4. The second-order valence-electron chi connectivity index (χ2n) is 10.1. The standard InChI is InChI=1S/C32H34F2N8O/c1-5-18-43-28-9-8-26(29(33)30(28)34)27-20-38-32-31(37-12-13-42(27)32)39-24-6-7-25(21(2)19-24)22(3)40-14-16-41(17-15-40)23(4)36-11-10-35/h1,6-9,12-13,19-20,36H,3-4,10-11,14-18,35H2,2H3,(H,37,39). The molecule has 1 fully saturated rings. The molecule has 0 aliphatic carbocycles. The highest BCUT2D eigenvalue weighted by Gasteiger charge is 2.22. The number of benzene rings is 2. The fourth-order valence-corrected chi connectivity index (χ4v) is 5.11. The molecule has 222 valence electrons. The molecular weight excluding hydrogens is 550 g/mol. The molecule has 0 bridgehead atoms. The number of aromatic nitrogens is 3. The Kier molecular flexibility index (Phi) is 8.78. The number of hydrogen-bond acceptors (Lipinski definition) is 8. The number of piperazine rings is 1. The van der Waals surface area contributed by atoms with E-state index in [-0.39, 0.29) is 17.9 Å². The molecule has 4 N–H and O–H groups in total. The van der Waals surface area contributed by atoms with Crippen LogP contribution < -0.4 is 21.1 Å². The highest BCUT2D eigenvalue weighted by Crippen LogP contribution is 2.32. The molecule has 0 radical (unpaired) electrons. The summed E-state index contributed by atoms with van der Waals surface area (Å²) in [7, 11) is 0. The Balaban J connectivity index is 1.31. The monoisotopic (exact) mass is 584 g/mol. The summed E-state index contributed by atoms with van der Waals surface area (Å²) in [6.07, 6.45) is 9.85. The van der Waals surface area contributed by atoms with E-state index >= 15 is 4.39 Å². The molecule has 43 heavy (non-hydrogen) atoms. The number of hydrogen-bond donors (Lipinski definition) is 3. The lowest BCUT2D eigenvalue weighted by Gasteiger charge is -2.39. The van der Waals surface area contributed by atoms with E-state index in [9.17, 15) is 4.39 Å². The predicted octanol–water partition coefficient (Wildman–Crippen LogP) is 4.35. The smallest absolute Gasteiger partial charge is 0.201 e. The molecule has 11 heteroatoms. The third kappa shape index (κ3) is 6.10. The molecule has 3 heterocycles. The van der Waals surface area contributed by atoms with Crippen LogP contribution in [0.5, 0.6) is 5.75 Å². The van der Waals surface area contributed by atoms with Crippen LogP contribution >= 0.6 is 0 Å². The van der Waals surface area contributed by atoms with Gasteiger partial charge in [0, 0.05) is 74.2 Å². The van der Waals surface area contributed by atoms with Crippen molar-refractivity contribution in [1.29, 1.82) is 0 Å². The Bertz CT molecular complexity index is 1700. The third-order valence-corrected chi connectivity index (χ3v) is 7.38. The zero-order valence-corrected chi connectivity index (χ0v) is 24.0. The molecule has 0 spiro atoms. The summed E-state index contributed by atoms with van der Waals surface area (Å²) in [5.74, 6) is 1.19. The number of anilines is 2. The minimum Gasteiger partial charge on any atom is -0.478 e. The van der Waals surface area contributed by atoms with Gasteiger partial charge in [-0.05, 0) is 36.8 Å². The van der Waals surface area contributed by atoms with E-state index in [1.54, 1.807) is 16.8 Å². The summed E-state index contributed by atoms with van der Waals surface area (Å²) < 4.78 is 36.4. The summed E-state index contributed by atoms with van der Waals surface area (Å²) in [5, 5.41) is 6.57. The molecule has 2 aromatic heterocycles. The number of aryl methyl sites for hydroxylation is 1. The minimum absolute atomic E-state index is 0.0332. The zero-order valence-electron chi connectivity index (χ0n) is 24.0. The number of fused-ring (bicyclic) bond motifs is 1. The minimum atomic E-state index is -1.11. The van der Waals surface area contributed by atoms with Crippen molar-refractivity contribution in [3.8, 4) is 29.4 Å². The van der Waals surface area contributed by atoms with Crippen molar-refractivity contribution in [2.75, 3.05) is 51.2 Å². The van der Waals surface area contributed by atoms with Gasteiger partial charge in [0.05, 0.1) is 17.7 Å². The van der Waals surface area contributed by atoms with Gasteiger partial charge in [-0.2, -0.15) is 4.39 Å². The van der Waals surface area contributed by atoms with Crippen LogP contribution in [0.3, 0.4) is 0 Å². The van der Waals surface area contributed by atoms with Gasteiger partial charge < -0.3 is 30.9 Å². The van der Waals surface area contributed by atoms with Gasteiger partial charge in [0.15, 0.2) is 23.0 Å². The number of imidazole rings is 1. The quantitative estimate of drug-likeness (QED) is 0.224. The van der Waals surface area contributed by atoms with Crippen LogP contribution in [0.25, 0.3) is 22.6 Å². The molecular formula is C32H34F2N8O. The maximum absolute atomic E-state index is 15.0. The number of ether oxygens (including phenoxy) is 1. The van der Waals surface area contributed by atoms with Gasteiger partial charge in [0.1, 0.15) is 6.61 Å². The lowest BCUT2D eigenvalue weighted by atomic mass is 10.0. The molecule has 0 unspecified atom stereocenters. The van der Waals surface area contributed by atoms with E-state index in [1.807, 2.05) is 25.1 Å². The Hall–Kier alpha value is -5.08. The molecule has 5 rings (SSSR count). The normalized spacial score (nSPS) is 13.1. The zero-order chi connectivity index (χ0) is 30.5. The van der Waals surface area contributed by atoms with Crippen LogP contribution in [0.15, 0.2) is 67.9 Å². The maximum atomic E-state index is 15.0. The first-order valence-corrected chi connectivity index (χ1v) is 13.9. The topological polar surface area (TPSA) is 96.0 Å². The predicted molar refractivity (Wildman–Crippen MR) is 166 cm³/mol. The van der Waals surface area contributed by atoms with Gasteiger partial charge in [-0.1, -0.05) is 25.1 Å². The third-order valence-electron chi connectivity index (χ3n) is 7.38. The van der Waals surface area contributed by atoms with Crippen molar-refractivity contribution in [2.45, 2.75) is 6.92 Å². The van der Waals surface area contributed by atoms with E-state index in [2.05, 4.69) is 49.5 Å². The average molecular weight is 585 g/mol. The summed E-state index contributed by atoms with van der Waals surface area (Å²) >= 11 is 0. The van der Waals surface area contributed by atoms with Crippen molar-refractivity contribution in [1.82, 2.24) is 29.5 Å². The van der Waals surface area contributed by atoms with Crippen molar-refractivity contribution < 1.29 is 13.5 Å². The van der Waals surface area contributed by atoms with Crippen LogP contribution in [-0.4, -0.2) is 70.0 Å². The molecule has 1 saturated heterocycles. The molecule has 0 saturated carbocycles. The van der Waals surface area contributed by atoms with Crippen LogP contribution in [0.1, 0.15) is 11.1 Å². The fourth-order valence-electron chi connectivity index (χ4n) is 5.11. The molecule has 9 nitrogen and oxygen atoms in total. The van der Waals surface area contributed by atoms with E-state index in [0.717, 1.165) is 54.5 Å². The highest BCUT2D eigenvalue weighted by molar-refractivity contribution is 5.76. The SMILES string of the molecule is C#CCOc1ccc(-c2cnc3c(Nc4ccc(C(=C)N5CCN(C(=C)NCCN)CC5)c(C)c4)nccn23)c(F)c1F. The number of nitrogens with two attached hydrogens (primary N) is 1. The number of halogens is 2. The highest BCUT2D eigenvalue weighted by atomic mass is 19.2. The summed E-state index contributed by atoms with van der Waals surface area (Å²) in [5.41, 5.74) is 10.3. The molecule has 4 aromatic rings. The first-order valence-electron chi connectivity index (χ1n) is 13.9. The largest absolute Gasteiger partial charge is 0.478 e. The van der Waals surface area contributed by atoms with Crippen molar-refractivity contribution in [3.63, 3.8) is 0 Å². The van der Waals surface area contributed by atoms with Crippen molar-refractivity contribution in [3.05, 3.63) is 90.7 Å². The molecule has 2 aromatic carbocycles. The summed E-state index contributed by atoms with van der Waals surface area (Å²) in [6, 6.07) is 8.80. The van der Waals surface area contributed by atoms with E-state index in [1.165, 1.54) is 18.3 Å². The Morgan fingerprint density at radius 1 is 1.09 bits per heavy atom. The van der Waals surface area contributed by atoms with Crippen LogP contribution in [0, 0.1) is 30.9 Å². The molecule has 1 aliphatic heterocycles. The number of nitrogens with one attached hydrogen (secondary N) is 2. The van der Waals surface area contributed by atoms with E-state index in [4.69, 9.17) is 16.9 Å². The van der Waals surface area contributed by atoms with E-state index < -0.39 is 11.6 Å². The lowest BCUT2D eigenvalue weighted by Crippen LogP contribution is -2.47. The first-order chi connectivity index (χ1) is 20.8.